The fourth-order valence-electron chi connectivity index (χ4n) is 9.82. The average molecular weight is 849 g/mol. The molecule has 0 amide bonds. The van der Waals surface area contributed by atoms with Crippen LogP contribution in [0.5, 0.6) is 0 Å². The van der Waals surface area contributed by atoms with Gasteiger partial charge >= 0.3 is 0 Å². The molecule has 0 saturated carbocycles. The van der Waals surface area contributed by atoms with Gasteiger partial charge in [0.05, 0.1) is 11.0 Å². The van der Waals surface area contributed by atoms with Crippen LogP contribution in [-0.4, -0.2) is 19.5 Å². The Morgan fingerprint density at radius 3 is 1.76 bits per heavy atom. The molecule has 6 heteroatoms. The Labute approximate surface area is 379 Å². The van der Waals surface area contributed by atoms with E-state index in [1.165, 1.54) is 17.2 Å². The van der Waals surface area contributed by atoms with E-state index in [0.717, 1.165) is 109 Å². The number of hydrogen-bond donors (Lipinski definition) is 0. The number of furan rings is 2. The molecule has 0 saturated heterocycles. The van der Waals surface area contributed by atoms with Crippen molar-refractivity contribution in [2.24, 2.45) is 0 Å². The topological polar surface area (TPSA) is 69.9 Å². The van der Waals surface area contributed by atoms with Crippen molar-refractivity contribution in [1.82, 2.24) is 19.5 Å². The van der Waals surface area contributed by atoms with Crippen molar-refractivity contribution in [2.75, 3.05) is 0 Å². The normalized spacial score (nSPS) is 11.8. The third-order valence-corrected chi connectivity index (χ3v) is 12.8. The van der Waals surface area contributed by atoms with Crippen LogP contribution in [0.1, 0.15) is 20.3 Å². The molecule has 312 valence electrons. The maximum Gasteiger partial charge on any atom is 0.238 e. The Balaban J connectivity index is 0.00000141. The molecule has 0 N–H and O–H groups in total. The fourth-order valence-corrected chi connectivity index (χ4v) is 9.82. The lowest BCUT2D eigenvalue weighted by atomic mass is 9.99. The second-order valence-corrected chi connectivity index (χ2v) is 17.1. The molecule has 0 aliphatic rings. The molecule has 0 atom stereocenters. The number of rotatable bonds is 4. The second-order valence-electron chi connectivity index (χ2n) is 17.1. The van der Waals surface area contributed by atoms with Gasteiger partial charge in [0.15, 0.2) is 11.6 Å². The lowest BCUT2D eigenvalue weighted by molar-refractivity contribution is 0.668. The highest BCUT2D eigenvalue weighted by Gasteiger charge is 2.23. The zero-order chi connectivity index (χ0) is 43.9. The first-order valence-corrected chi connectivity index (χ1v) is 22.6. The Kier molecular flexibility index (Phi) is 8.61. The summed E-state index contributed by atoms with van der Waals surface area (Å²) in [5, 5.41) is 13.5. The average Bonchev–Trinajstić information content (AvgIpc) is 4.04. The highest BCUT2D eigenvalue weighted by molar-refractivity contribution is 6.20. The molecule has 0 unspecified atom stereocenters. The summed E-state index contributed by atoms with van der Waals surface area (Å²) < 4.78 is 15.2. The molecule has 6 nitrogen and oxygen atoms in total. The van der Waals surface area contributed by atoms with Crippen molar-refractivity contribution in [2.45, 2.75) is 20.3 Å². The number of nitrogens with zero attached hydrogens (tertiary/aromatic N) is 4. The summed E-state index contributed by atoms with van der Waals surface area (Å²) >= 11 is 0. The number of benzene rings is 10. The molecular weight excluding hydrogens is 809 g/mol. The van der Waals surface area contributed by atoms with E-state index in [4.69, 9.17) is 23.8 Å². The van der Waals surface area contributed by atoms with Gasteiger partial charge in [-0.1, -0.05) is 160 Å². The van der Waals surface area contributed by atoms with Gasteiger partial charge in [-0.25, -0.2) is 4.98 Å². The summed E-state index contributed by atoms with van der Waals surface area (Å²) in [6.45, 7) is 4.25. The standard InChI is InChI=1S/C57H32N4O2.C3H8/c1-2-12-35-28-39(21-20-33(35)10-1)55-58-56(40-23-25-44-43-16-7-8-19-49(43)62-51(44)32-40)60-57(59-55)61-48-30-37-14-4-3-13-36(37)29-47(48)45-18-9-17-42(54(45)61)38-22-26-46-52(31-38)63-50-27-24-34-11-5-6-15-41(34)53(46)50;1-3-2/h1-32H;3H2,1-2H3. The van der Waals surface area contributed by atoms with E-state index in [0.29, 0.717) is 17.6 Å². The molecule has 14 aromatic rings. The Morgan fingerprint density at radius 1 is 0.379 bits per heavy atom. The van der Waals surface area contributed by atoms with E-state index in [1.807, 2.05) is 18.2 Å². The fraction of sp³-hybridized carbons (Fsp3) is 0.0500. The third kappa shape index (κ3) is 5.99. The lowest BCUT2D eigenvalue weighted by Gasteiger charge is -2.13. The smallest absolute Gasteiger partial charge is 0.238 e. The van der Waals surface area contributed by atoms with Gasteiger partial charge < -0.3 is 8.83 Å². The minimum atomic E-state index is 0.520. The van der Waals surface area contributed by atoms with E-state index in [1.54, 1.807) is 0 Å². The molecule has 66 heavy (non-hydrogen) atoms. The molecule has 4 aromatic heterocycles. The van der Waals surface area contributed by atoms with Crippen LogP contribution in [0.15, 0.2) is 203 Å². The summed E-state index contributed by atoms with van der Waals surface area (Å²) in [5.74, 6) is 1.65. The summed E-state index contributed by atoms with van der Waals surface area (Å²) in [6, 6.07) is 68.1. The lowest BCUT2D eigenvalue weighted by Crippen LogP contribution is -2.07. The molecule has 10 aromatic carbocycles. The maximum absolute atomic E-state index is 6.62. The van der Waals surface area contributed by atoms with Crippen molar-refractivity contribution < 1.29 is 8.83 Å². The van der Waals surface area contributed by atoms with Crippen LogP contribution < -0.4 is 0 Å². The van der Waals surface area contributed by atoms with E-state index in [2.05, 4.69) is 194 Å². The van der Waals surface area contributed by atoms with Crippen molar-refractivity contribution in [3.8, 4) is 39.9 Å². The molecule has 0 radical (unpaired) electrons. The molecule has 0 aliphatic heterocycles. The molecule has 0 fully saturated rings. The monoisotopic (exact) mass is 848 g/mol. The first-order valence-electron chi connectivity index (χ1n) is 22.6. The maximum atomic E-state index is 6.62. The van der Waals surface area contributed by atoms with Crippen LogP contribution in [0.2, 0.25) is 0 Å². The first-order chi connectivity index (χ1) is 32.6. The molecule has 14 rings (SSSR count). The number of fused-ring (bicyclic) bond motifs is 13. The van der Waals surface area contributed by atoms with Gasteiger partial charge in [-0.15, -0.1) is 0 Å². The van der Waals surface area contributed by atoms with E-state index >= 15 is 0 Å². The number of hydrogen-bond acceptors (Lipinski definition) is 5. The number of para-hydroxylation sites is 2. The van der Waals surface area contributed by atoms with E-state index in [9.17, 15) is 0 Å². The molecule has 0 bridgehead atoms. The van der Waals surface area contributed by atoms with Crippen molar-refractivity contribution in [3.05, 3.63) is 194 Å². The van der Waals surface area contributed by atoms with Crippen LogP contribution in [0.4, 0.5) is 0 Å². The summed E-state index contributed by atoms with van der Waals surface area (Å²) in [5.41, 5.74) is 9.15. The van der Waals surface area contributed by atoms with Gasteiger partial charge in [-0.2, -0.15) is 9.97 Å². The van der Waals surface area contributed by atoms with Gasteiger partial charge in [-0.3, -0.25) is 4.57 Å². The van der Waals surface area contributed by atoms with Crippen molar-refractivity contribution >= 4 is 98.0 Å². The minimum absolute atomic E-state index is 0.520. The van der Waals surface area contributed by atoms with Gasteiger partial charge in [0.1, 0.15) is 22.3 Å². The van der Waals surface area contributed by atoms with E-state index < -0.39 is 0 Å². The van der Waals surface area contributed by atoms with Gasteiger partial charge in [-0.05, 0) is 92.5 Å². The predicted molar refractivity (Wildman–Crippen MR) is 274 cm³/mol. The zero-order valence-corrected chi connectivity index (χ0v) is 36.3. The quantitative estimate of drug-likeness (QED) is 0.176. The van der Waals surface area contributed by atoms with E-state index in [-0.39, 0.29) is 0 Å². The molecule has 0 aliphatic carbocycles. The highest BCUT2D eigenvalue weighted by atomic mass is 16.3. The van der Waals surface area contributed by atoms with Crippen molar-refractivity contribution in [1.29, 1.82) is 0 Å². The molecule has 0 spiro atoms. The summed E-state index contributed by atoms with van der Waals surface area (Å²) in [4.78, 5) is 16.0. The third-order valence-electron chi connectivity index (χ3n) is 12.8. The number of aromatic nitrogens is 4. The van der Waals surface area contributed by atoms with Crippen molar-refractivity contribution in [3.63, 3.8) is 0 Å². The summed E-state index contributed by atoms with van der Waals surface area (Å²) in [6.07, 6.45) is 1.25. The Bertz CT molecular complexity index is 4250. The summed E-state index contributed by atoms with van der Waals surface area (Å²) in [7, 11) is 0. The minimum Gasteiger partial charge on any atom is -0.456 e. The Morgan fingerprint density at radius 2 is 0.939 bits per heavy atom. The highest BCUT2D eigenvalue weighted by Crippen LogP contribution is 2.42. The zero-order valence-electron chi connectivity index (χ0n) is 36.3. The second kappa shape index (κ2) is 15.0. The van der Waals surface area contributed by atoms with Crippen LogP contribution in [0.3, 0.4) is 0 Å². The van der Waals surface area contributed by atoms with Gasteiger partial charge in [0.2, 0.25) is 5.95 Å². The first kappa shape index (κ1) is 37.9. The Hall–Kier alpha value is -8.61. The molecule has 4 heterocycles. The van der Waals surface area contributed by atoms with Gasteiger partial charge in [0, 0.05) is 49.0 Å². The molecular formula is C60H40N4O2. The largest absolute Gasteiger partial charge is 0.456 e. The predicted octanol–water partition coefficient (Wildman–Crippen LogP) is 16.6. The van der Waals surface area contributed by atoms with Crippen LogP contribution in [0.25, 0.3) is 138 Å². The van der Waals surface area contributed by atoms with Crippen LogP contribution in [-0.2, 0) is 0 Å². The van der Waals surface area contributed by atoms with Crippen LogP contribution in [0, 0.1) is 0 Å². The van der Waals surface area contributed by atoms with Crippen LogP contribution >= 0.6 is 0 Å². The SMILES string of the molecule is CCC.c1ccc2cc(-c3nc(-c4ccc5c(c4)oc4ccccc45)nc(-n4c5cc6ccccc6cc5c5cccc(-c6ccc7c(c6)oc6ccc8ccccc8c67)c54)n3)ccc2c1. The van der Waals surface area contributed by atoms with Gasteiger partial charge in [0.25, 0.3) is 0 Å².